The number of para-hydroxylation sites is 1. The number of carbonyl (C=O) groups is 1. The van der Waals surface area contributed by atoms with E-state index in [4.69, 9.17) is 4.74 Å². The highest BCUT2D eigenvalue weighted by Crippen LogP contribution is 2.22. The number of rotatable bonds is 7. The monoisotopic (exact) mass is 335 g/mol. The number of ether oxygens (including phenoxy) is 1. The maximum atomic E-state index is 12.8. The van der Waals surface area contributed by atoms with Crippen molar-refractivity contribution in [2.24, 2.45) is 0 Å². The van der Waals surface area contributed by atoms with E-state index in [2.05, 4.69) is 16.8 Å². The maximum absolute atomic E-state index is 12.8. The molecule has 122 valence electrons. The zero-order valence-corrected chi connectivity index (χ0v) is 13.4. The molecule has 0 saturated heterocycles. The molecule has 0 bridgehead atoms. The van der Waals surface area contributed by atoms with E-state index in [1.807, 2.05) is 0 Å². The van der Waals surface area contributed by atoms with Gasteiger partial charge in [-0.2, -0.15) is 13.5 Å². The average molecular weight is 335 g/mol. The van der Waals surface area contributed by atoms with Gasteiger partial charge in [-0.25, -0.2) is 4.79 Å². The first kappa shape index (κ1) is 16.8. The van der Waals surface area contributed by atoms with E-state index in [0.29, 0.717) is 5.69 Å². The third kappa shape index (κ3) is 3.59. The number of hydrogen-bond donors (Lipinski definition) is 1. The average Bonchev–Trinajstić information content (AvgIpc) is 3.04. The van der Waals surface area contributed by atoms with Crippen LogP contribution in [-0.4, -0.2) is 37.7 Å². The fourth-order valence-corrected chi connectivity index (χ4v) is 3.28. The number of carbonyl (C=O) groups excluding carboxylic acids is 1. The Kier molecular flexibility index (Phi) is 5.17. The van der Waals surface area contributed by atoms with E-state index in [1.54, 1.807) is 37.3 Å². The molecule has 2 aromatic rings. The lowest BCUT2D eigenvalue weighted by atomic mass is 10.3. The summed E-state index contributed by atoms with van der Waals surface area (Å²) in [6.45, 7) is 5.51. The van der Waals surface area contributed by atoms with Crippen molar-refractivity contribution in [2.45, 2.75) is 11.9 Å². The van der Waals surface area contributed by atoms with Crippen molar-refractivity contribution in [3.63, 3.8) is 0 Å². The predicted octanol–water partition coefficient (Wildman–Crippen LogP) is 1.97. The Balaban J connectivity index is 2.39. The predicted molar refractivity (Wildman–Crippen MR) is 85.7 cm³/mol. The van der Waals surface area contributed by atoms with Gasteiger partial charge in [-0.3, -0.25) is 9.40 Å². The van der Waals surface area contributed by atoms with Crippen LogP contribution >= 0.6 is 0 Å². The second-order valence-electron chi connectivity index (χ2n) is 4.50. The molecule has 0 saturated carbocycles. The molecule has 1 N–H and O–H groups in total. The van der Waals surface area contributed by atoms with Crippen LogP contribution in [0.2, 0.25) is 0 Å². The number of hydrogen-bond acceptors (Lipinski definition) is 5. The number of H-pyrrole nitrogens is 1. The van der Waals surface area contributed by atoms with E-state index in [9.17, 15) is 13.2 Å². The van der Waals surface area contributed by atoms with Crippen molar-refractivity contribution in [1.29, 1.82) is 0 Å². The highest BCUT2D eigenvalue weighted by Gasteiger charge is 2.27. The summed E-state index contributed by atoms with van der Waals surface area (Å²) in [6.07, 6.45) is 1.48. The van der Waals surface area contributed by atoms with Crippen LogP contribution in [0.4, 0.5) is 5.69 Å². The van der Waals surface area contributed by atoms with Gasteiger partial charge < -0.3 is 4.74 Å². The van der Waals surface area contributed by atoms with Gasteiger partial charge in [0.1, 0.15) is 0 Å². The van der Waals surface area contributed by atoms with E-state index in [0.717, 1.165) is 6.07 Å². The molecule has 0 radical (unpaired) electrons. The van der Waals surface area contributed by atoms with Crippen LogP contribution in [0, 0.1) is 0 Å². The van der Waals surface area contributed by atoms with Gasteiger partial charge in [0.2, 0.25) is 0 Å². The van der Waals surface area contributed by atoms with E-state index in [-0.39, 0.29) is 23.9 Å². The molecule has 8 heteroatoms. The number of benzene rings is 1. The van der Waals surface area contributed by atoms with Crippen LogP contribution in [0.25, 0.3) is 0 Å². The molecule has 0 spiro atoms. The molecule has 0 fully saturated rings. The molecule has 0 aliphatic rings. The van der Waals surface area contributed by atoms with Crippen LogP contribution in [-0.2, 0) is 14.8 Å². The Morgan fingerprint density at radius 3 is 2.70 bits per heavy atom. The second-order valence-corrected chi connectivity index (χ2v) is 6.33. The molecule has 0 unspecified atom stereocenters. The van der Waals surface area contributed by atoms with E-state index < -0.39 is 16.0 Å². The molecular weight excluding hydrogens is 318 g/mol. The van der Waals surface area contributed by atoms with Crippen LogP contribution in [0.5, 0.6) is 0 Å². The zero-order chi connectivity index (χ0) is 16.9. The van der Waals surface area contributed by atoms with Crippen LogP contribution in [0.3, 0.4) is 0 Å². The smallest absolute Gasteiger partial charge is 0.358 e. The number of aromatic nitrogens is 2. The van der Waals surface area contributed by atoms with Crippen molar-refractivity contribution in [3.05, 3.63) is 54.7 Å². The van der Waals surface area contributed by atoms with Gasteiger partial charge in [0.05, 0.1) is 18.8 Å². The largest absolute Gasteiger partial charge is 0.461 e. The van der Waals surface area contributed by atoms with Crippen LogP contribution < -0.4 is 4.31 Å². The molecule has 23 heavy (non-hydrogen) atoms. The van der Waals surface area contributed by atoms with Crippen molar-refractivity contribution in [2.75, 3.05) is 17.5 Å². The summed E-state index contributed by atoms with van der Waals surface area (Å²) in [4.78, 5) is 11.6. The standard InChI is InChI=1S/C15H17N3O4S/c1-3-10-18(12-8-6-5-7-9-12)23(20,21)14-11-13(16-17-14)15(19)22-4-2/h3,5-9,11H,1,4,10H2,2H3,(H,16,17). The minimum absolute atomic E-state index is 0.0834. The normalized spacial score (nSPS) is 11.0. The SMILES string of the molecule is C=CCN(c1ccccc1)S(=O)(=O)c1cc(C(=O)OCC)n[nH]1. The minimum Gasteiger partial charge on any atom is -0.461 e. The minimum atomic E-state index is -3.91. The van der Waals surface area contributed by atoms with Gasteiger partial charge in [-0.1, -0.05) is 24.3 Å². The zero-order valence-electron chi connectivity index (χ0n) is 12.6. The third-order valence-electron chi connectivity index (χ3n) is 2.95. The molecule has 0 aliphatic heterocycles. The number of aromatic amines is 1. The summed E-state index contributed by atoms with van der Waals surface area (Å²) < 4.78 is 31.5. The molecule has 1 aromatic heterocycles. The number of esters is 1. The van der Waals surface area contributed by atoms with Crippen molar-refractivity contribution in [1.82, 2.24) is 10.2 Å². The van der Waals surface area contributed by atoms with Gasteiger partial charge in [0, 0.05) is 6.07 Å². The lowest BCUT2D eigenvalue weighted by Gasteiger charge is -2.21. The first-order valence-corrected chi connectivity index (χ1v) is 8.36. The second kappa shape index (κ2) is 7.10. The highest BCUT2D eigenvalue weighted by molar-refractivity contribution is 7.92. The number of nitrogens with one attached hydrogen (secondary N) is 1. The number of nitrogens with zero attached hydrogens (tertiary/aromatic N) is 2. The van der Waals surface area contributed by atoms with Crippen molar-refractivity contribution >= 4 is 21.7 Å². The van der Waals surface area contributed by atoms with Crippen molar-refractivity contribution < 1.29 is 17.9 Å². The van der Waals surface area contributed by atoms with Gasteiger partial charge in [-0.15, -0.1) is 6.58 Å². The topological polar surface area (TPSA) is 92.4 Å². The molecule has 7 nitrogen and oxygen atoms in total. The van der Waals surface area contributed by atoms with Crippen LogP contribution in [0.1, 0.15) is 17.4 Å². The summed E-state index contributed by atoms with van der Waals surface area (Å²) >= 11 is 0. The Hall–Kier alpha value is -2.61. The number of sulfonamides is 1. The van der Waals surface area contributed by atoms with Gasteiger partial charge >= 0.3 is 5.97 Å². The Labute approximate surface area is 134 Å². The summed E-state index contributed by atoms with van der Waals surface area (Å²) in [5.41, 5.74) is 0.400. The molecule has 1 aromatic carbocycles. The maximum Gasteiger partial charge on any atom is 0.358 e. The first-order valence-electron chi connectivity index (χ1n) is 6.92. The van der Waals surface area contributed by atoms with Gasteiger partial charge in [0.25, 0.3) is 10.0 Å². The molecule has 2 rings (SSSR count). The highest BCUT2D eigenvalue weighted by atomic mass is 32.2. The van der Waals surface area contributed by atoms with E-state index in [1.165, 1.54) is 10.4 Å². The number of anilines is 1. The fraction of sp³-hybridized carbons (Fsp3) is 0.200. The fourth-order valence-electron chi connectivity index (χ4n) is 1.92. The molecule has 0 atom stereocenters. The summed E-state index contributed by atoms with van der Waals surface area (Å²) in [7, 11) is -3.91. The molecule has 0 amide bonds. The van der Waals surface area contributed by atoms with Gasteiger partial charge in [0.15, 0.2) is 10.7 Å². The first-order chi connectivity index (χ1) is 11.0. The summed E-state index contributed by atoms with van der Waals surface area (Å²) in [5, 5.41) is 5.90. The van der Waals surface area contributed by atoms with Crippen molar-refractivity contribution in [3.8, 4) is 0 Å². The Morgan fingerprint density at radius 2 is 2.09 bits per heavy atom. The third-order valence-corrected chi connectivity index (χ3v) is 4.65. The Morgan fingerprint density at radius 1 is 1.39 bits per heavy atom. The lowest BCUT2D eigenvalue weighted by molar-refractivity contribution is 0.0519. The molecule has 0 aliphatic carbocycles. The lowest BCUT2D eigenvalue weighted by Crippen LogP contribution is -2.31. The summed E-state index contributed by atoms with van der Waals surface area (Å²) in [6, 6.07) is 9.76. The van der Waals surface area contributed by atoms with E-state index >= 15 is 0 Å². The molecule has 1 heterocycles. The summed E-state index contributed by atoms with van der Waals surface area (Å²) in [5.74, 6) is -0.680. The molecular formula is C15H17N3O4S. The van der Waals surface area contributed by atoms with Gasteiger partial charge in [-0.05, 0) is 19.1 Å². The quantitative estimate of drug-likeness (QED) is 0.617. The Bertz CT molecular complexity index is 784. The van der Waals surface area contributed by atoms with Crippen LogP contribution in [0.15, 0.2) is 54.1 Å².